The molecule has 5 heteroatoms. The van der Waals surface area contributed by atoms with Crippen LogP contribution in [0.5, 0.6) is 0 Å². The number of carbonyl (C=O) groups is 1. The normalized spacial score (nSPS) is 23.9. The van der Waals surface area contributed by atoms with Crippen LogP contribution in [0.2, 0.25) is 0 Å². The second-order valence-electron chi connectivity index (χ2n) is 4.56. The molecule has 0 spiro atoms. The fourth-order valence-corrected chi connectivity index (χ4v) is 2.45. The average molecular weight is 251 g/mol. The number of nitrogens with zero attached hydrogens (tertiary/aromatic N) is 2. The third-order valence-electron chi connectivity index (χ3n) is 3.38. The first-order valence-corrected chi connectivity index (χ1v) is 6.68. The number of hydrogen-bond donors (Lipinski definition) is 1. The summed E-state index contributed by atoms with van der Waals surface area (Å²) in [7, 11) is 0. The lowest BCUT2D eigenvalue weighted by Crippen LogP contribution is -2.38. The van der Waals surface area contributed by atoms with E-state index in [0.29, 0.717) is 6.61 Å². The molecular weight excluding hydrogens is 230 g/mol. The van der Waals surface area contributed by atoms with E-state index >= 15 is 0 Å². The van der Waals surface area contributed by atoms with Crippen molar-refractivity contribution in [2.45, 2.75) is 39.3 Å². The van der Waals surface area contributed by atoms with Crippen molar-refractivity contribution in [1.29, 1.82) is 0 Å². The molecule has 0 amide bonds. The number of esters is 1. The summed E-state index contributed by atoms with van der Waals surface area (Å²) in [6, 6.07) is 0.0399. The Labute approximate surface area is 108 Å². The number of hydrogen-bond acceptors (Lipinski definition) is 4. The lowest BCUT2D eigenvalue weighted by molar-refractivity contribution is -0.150. The third kappa shape index (κ3) is 2.72. The van der Waals surface area contributed by atoms with Crippen LogP contribution >= 0.6 is 0 Å². The summed E-state index contributed by atoms with van der Waals surface area (Å²) in [5.74, 6) is -0.188. The van der Waals surface area contributed by atoms with Crippen LogP contribution in [0.25, 0.3) is 0 Å². The topological polar surface area (TPSA) is 56.1 Å². The zero-order chi connectivity index (χ0) is 13.0. The fraction of sp³-hybridized carbons (Fsp3) is 0.692. The van der Waals surface area contributed by atoms with Gasteiger partial charge in [-0.1, -0.05) is 0 Å². The van der Waals surface area contributed by atoms with Gasteiger partial charge in [-0.3, -0.25) is 9.48 Å². The molecule has 18 heavy (non-hydrogen) atoms. The number of ether oxygens (including phenoxy) is 1. The summed E-state index contributed by atoms with van der Waals surface area (Å²) < 4.78 is 7.04. The van der Waals surface area contributed by atoms with Crippen molar-refractivity contribution >= 4 is 5.97 Å². The molecule has 2 heterocycles. The van der Waals surface area contributed by atoms with Crippen molar-refractivity contribution in [1.82, 2.24) is 15.1 Å². The summed E-state index contributed by atoms with van der Waals surface area (Å²) >= 11 is 0. The van der Waals surface area contributed by atoms with Crippen molar-refractivity contribution in [3.05, 3.63) is 18.0 Å². The van der Waals surface area contributed by atoms with Crippen LogP contribution in [-0.4, -0.2) is 28.9 Å². The van der Waals surface area contributed by atoms with Gasteiger partial charge in [0.05, 0.1) is 18.7 Å². The van der Waals surface area contributed by atoms with Crippen molar-refractivity contribution in [3.8, 4) is 0 Å². The van der Waals surface area contributed by atoms with E-state index in [4.69, 9.17) is 4.74 Å². The van der Waals surface area contributed by atoms with Crippen molar-refractivity contribution in [2.24, 2.45) is 5.92 Å². The molecule has 100 valence electrons. The Hall–Kier alpha value is -1.36. The molecule has 2 rings (SSSR count). The Morgan fingerprint density at radius 3 is 3.11 bits per heavy atom. The van der Waals surface area contributed by atoms with Gasteiger partial charge in [0.15, 0.2) is 0 Å². The molecule has 1 saturated heterocycles. The number of aryl methyl sites for hydroxylation is 1. The highest BCUT2D eigenvalue weighted by atomic mass is 16.5. The predicted molar refractivity (Wildman–Crippen MR) is 68.0 cm³/mol. The molecule has 1 fully saturated rings. The van der Waals surface area contributed by atoms with Gasteiger partial charge < -0.3 is 10.1 Å². The highest BCUT2D eigenvalue weighted by molar-refractivity contribution is 5.73. The zero-order valence-electron chi connectivity index (χ0n) is 11.1. The van der Waals surface area contributed by atoms with Gasteiger partial charge in [-0.15, -0.1) is 0 Å². The molecule has 2 unspecified atom stereocenters. The van der Waals surface area contributed by atoms with E-state index in [2.05, 4.69) is 10.4 Å². The van der Waals surface area contributed by atoms with Crippen LogP contribution in [-0.2, 0) is 16.1 Å². The highest BCUT2D eigenvalue weighted by Gasteiger charge is 2.33. The van der Waals surface area contributed by atoms with Gasteiger partial charge >= 0.3 is 5.97 Å². The summed E-state index contributed by atoms with van der Waals surface area (Å²) in [6.45, 7) is 6.12. The minimum Gasteiger partial charge on any atom is -0.466 e. The first kappa shape index (κ1) is 13.1. The summed E-state index contributed by atoms with van der Waals surface area (Å²) in [5.41, 5.74) is 1.08. The van der Waals surface area contributed by atoms with Gasteiger partial charge in [0.2, 0.25) is 0 Å². The van der Waals surface area contributed by atoms with Gasteiger partial charge in [0.1, 0.15) is 0 Å². The van der Waals surface area contributed by atoms with Gasteiger partial charge in [0.25, 0.3) is 0 Å². The van der Waals surface area contributed by atoms with E-state index in [1.165, 1.54) is 0 Å². The Morgan fingerprint density at radius 2 is 2.44 bits per heavy atom. The SMILES string of the molecule is CCOC(=O)C1CCCNC1c1cnn(CC)c1. The van der Waals surface area contributed by atoms with Crippen molar-refractivity contribution in [2.75, 3.05) is 13.2 Å². The molecule has 2 atom stereocenters. The molecule has 0 aromatic carbocycles. The molecule has 1 aromatic heterocycles. The van der Waals surface area contributed by atoms with Gasteiger partial charge in [0, 0.05) is 24.3 Å². The zero-order valence-corrected chi connectivity index (χ0v) is 11.1. The van der Waals surface area contributed by atoms with Crippen LogP contribution in [0.15, 0.2) is 12.4 Å². The quantitative estimate of drug-likeness (QED) is 0.824. The van der Waals surface area contributed by atoms with E-state index in [1.54, 1.807) is 0 Å². The second-order valence-corrected chi connectivity index (χ2v) is 4.56. The van der Waals surface area contributed by atoms with Crippen LogP contribution in [0.4, 0.5) is 0 Å². The molecule has 0 saturated carbocycles. The lowest BCUT2D eigenvalue weighted by atomic mass is 9.87. The Bertz CT molecular complexity index is 403. The smallest absolute Gasteiger partial charge is 0.310 e. The molecule has 1 aliphatic heterocycles. The van der Waals surface area contributed by atoms with E-state index in [-0.39, 0.29) is 17.9 Å². The van der Waals surface area contributed by atoms with Crippen LogP contribution < -0.4 is 5.32 Å². The van der Waals surface area contributed by atoms with Gasteiger partial charge in [-0.2, -0.15) is 5.10 Å². The number of carbonyl (C=O) groups excluding carboxylic acids is 1. The number of aromatic nitrogens is 2. The maximum absolute atomic E-state index is 12.0. The number of piperidine rings is 1. The third-order valence-corrected chi connectivity index (χ3v) is 3.38. The fourth-order valence-electron chi connectivity index (χ4n) is 2.45. The first-order valence-electron chi connectivity index (χ1n) is 6.68. The summed E-state index contributed by atoms with van der Waals surface area (Å²) in [5, 5.41) is 7.68. The van der Waals surface area contributed by atoms with Crippen LogP contribution in [0, 0.1) is 5.92 Å². The van der Waals surface area contributed by atoms with E-state index < -0.39 is 0 Å². The minimum atomic E-state index is -0.0982. The van der Waals surface area contributed by atoms with Gasteiger partial charge in [-0.25, -0.2) is 0 Å². The van der Waals surface area contributed by atoms with E-state index in [0.717, 1.165) is 31.5 Å². The highest BCUT2D eigenvalue weighted by Crippen LogP contribution is 2.30. The molecule has 0 aliphatic carbocycles. The van der Waals surface area contributed by atoms with E-state index in [9.17, 15) is 4.79 Å². The lowest BCUT2D eigenvalue weighted by Gasteiger charge is -2.30. The number of nitrogens with one attached hydrogen (secondary N) is 1. The predicted octanol–water partition coefficient (Wildman–Crippen LogP) is 1.51. The Morgan fingerprint density at radius 1 is 1.61 bits per heavy atom. The maximum Gasteiger partial charge on any atom is 0.310 e. The molecule has 1 aromatic rings. The van der Waals surface area contributed by atoms with E-state index in [1.807, 2.05) is 30.9 Å². The monoisotopic (exact) mass is 251 g/mol. The standard InChI is InChI=1S/C13H21N3O2/c1-3-16-9-10(8-15-16)12-11(6-5-7-14-12)13(17)18-4-2/h8-9,11-12,14H,3-7H2,1-2H3. The summed E-state index contributed by atoms with van der Waals surface area (Å²) in [4.78, 5) is 12.0. The molecule has 0 bridgehead atoms. The molecule has 1 aliphatic rings. The molecule has 5 nitrogen and oxygen atoms in total. The number of rotatable bonds is 4. The van der Waals surface area contributed by atoms with Crippen LogP contribution in [0.3, 0.4) is 0 Å². The molecular formula is C13H21N3O2. The minimum absolute atomic E-state index is 0.0399. The molecule has 1 N–H and O–H groups in total. The van der Waals surface area contributed by atoms with Crippen LogP contribution in [0.1, 0.15) is 38.3 Å². The maximum atomic E-state index is 12.0. The van der Waals surface area contributed by atoms with Gasteiger partial charge in [-0.05, 0) is 33.2 Å². The Balaban J connectivity index is 2.14. The Kier molecular flexibility index (Phi) is 4.36. The summed E-state index contributed by atoms with van der Waals surface area (Å²) in [6.07, 6.45) is 5.75. The van der Waals surface area contributed by atoms with Crippen molar-refractivity contribution in [3.63, 3.8) is 0 Å². The van der Waals surface area contributed by atoms with Crippen molar-refractivity contribution < 1.29 is 9.53 Å². The first-order chi connectivity index (χ1) is 8.76. The molecule has 0 radical (unpaired) electrons. The largest absolute Gasteiger partial charge is 0.466 e. The second kappa shape index (κ2) is 6.00. The average Bonchev–Trinajstić information content (AvgIpc) is 2.87.